The Hall–Kier alpha value is -10.4. The summed E-state index contributed by atoms with van der Waals surface area (Å²) >= 11 is 0. The van der Waals surface area contributed by atoms with Gasteiger partial charge in [-0.05, 0) is 158 Å². The maximum atomic E-state index is 16.6. The van der Waals surface area contributed by atoms with E-state index in [1.807, 2.05) is 97.1 Å². The predicted octanol–water partition coefficient (Wildman–Crippen LogP) is 19.2. The van der Waals surface area contributed by atoms with Gasteiger partial charge in [-0.25, -0.2) is 8.42 Å². The molecule has 0 fully saturated rings. The number of aliphatic hydroxyl groups excluding tert-OH is 2. The van der Waals surface area contributed by atoms with E-state index in [1.165, 1.54) is 0 Å². The average molecular weight is 1150 g/mol. The summed E-state index contributed by atoms with van der Waals surface area (Å²) in [5.74, 6) is 0.857. The average Bonchev–Trinajstić information content (AvgIpc) is 1.40. The Labute approximate surface area is 506 Å². The monoisotopic (exact) mass is 1150 g/mol. The zero-order chi connectivity index (χ0) is 58.8. The lowest BCUT2D eigenvalue weighted by atomic mass is 9.91. The molecule has 0 saturated heterocycles. The Morgan fingerprint density at radius 1 is 0.253 bits per heavy atom. The third-order valence-corrected chi connectivity index (χ3v) is 18.2. The van der Waals surface area contributed by atoms with Crippen LogP contribution in [0.3, 0.4) is 0 Å². The van der Waals surface area contributed by atoms with Crippen molar-refractivity contribution in [2.24, 2.45) is 0 Å². The molecule has 0 heterocycles. The first-order valence-corrected chi connectivity index (χ1v) is 30.7. The number of aliphatic hydroxyl groups is 2. The second-order valence-electron chi connectivity index (χ2n) is 21.8. The van der Waals surface area contributed by atoms with E-state index < -0.39 is 9.84 Å². The zero-order valence-electron chi connectivity index (χ0n) is 47.5. The van der Waals surface area contributed by atoms with Gasteiger partial charge in [0.15, 0.2) is 0 Å². The summed E-state index contributed by atoms with van der Waals surface area (Å²) in [6.07, 6.45) is 0. The molecule has 14 aromatic rings. The zero-order valence-corrected chi connectivity index (χ0v) is 48.3. The van der Waals surface area contributed by atoms with Crippen LogP contribution in [0, 0.1) is 0 Å². The molecule has 0 unspecified atom stereocenters. The molecule has 0 saturated carbocycles. The highest BCUT2D eigenvalue weighted by Crippen LogP contribution is 2.48. The van der Waals surface area contributed by atoms with Crippen LogP contribution in [0.4, 0.5) is 0 Å². The van der Waals surface area contributed by atoms with Crippen molar-refractivity contribution in [3.63, 3.8) is 0 Å². The van der Waals surface area contributed by atoms with Crippen LogP contribution >= 0.6 is 0 Å². The lowest BCUT2D eigenvalue weighted by molar-refractivity contribution is 0.202. The summed E-state index contributed by atoms with van der Waals surface area (Å²) in [6.45, 7) is -0.638. The van der Waals surface area contributed by atoms with Crippen LogP contribution in [0.1, 0.15) is 0 Å². The van der Waals surface area contributed by atoms with Gasteiger partial charge in [0.1, 0.15) is 24.7 Å². The van der Waals surface area contributed by atoms with Crippen LogP contribution in [-0.4, -0.2) is 45.1 Å². The van der Waals surface area contributed by atoms with Crippen LogP contribution in [0.5, 0.6) is 11.5 Å². The van der Waals surface area contributed by atoms with E-state index in [9.17, 15) is 10.2 Å². The van der Waals surface area contributed by atoms with Crippen LogP contribution in [0.2, 0.25) is 0 Å². The van der Waals surface area contributed by atoms with Crippen molar-refractivity contribution in [2.75, 3.05) is 26.4 Å². The largest absolute Gasteiger partial charge is 0.490 e. The third-order valence-electron chi connectivity index (χ3n) is 16.5. The highest BCUT2D eigenvalue weighted by Gasteiger charge is 2.29. The lowest BCUT2D eigenvalue weighted by Gasteiger charge is -2.21. The second kappa shape index (κ2) is 23.6. The highest BCUT2D eigenvalue weighted by molar-refractivity contribution is 7.91. The number of hydrogen-bond acceptors (Lipinski definition) is 6. The van der Waals surface area contributed by atoms with Crippen molar-refractivity contribution in [3.05, 3.63) is 291 Å². The van der Waals surface area contributed by atoms with Crippen molar-refractivity contribution in [3.8, 4) is 101 Å². The Balaban J connectivity index is 1.02. The number of rotatable bonds is 16. The molecule has 14 aromatic carbocycles. The van der Waals surface area contributed by atoms with E-state index in [4.69, 9.17) is 9.47 Å². The first-order valence-electron chi connectivity index (χ1n) is 29.2. The topological polar surface area (TPSA) is 93.1 Å². The SMILES string of the molecule is O=S(=O)(c1cc(-c2cccc(-c3cccc4ccccc34)c2)c(OCCO)c(-c2cccc(-c3cccc4ccccc34)c2)c1)c1cc(-c2cccc(-c3cccc4ccccc34)c2)c(OCCO)c(-c2cccc(-c3cccc4ccccc34)c2)c1. The number of hydrogen-bond donors (Lipinski definition) is 2. The van der Waals surface area contributed by atoms with Crippen molar-refractivity contribution < 1.29 is 28.1 Å². The van der Waals surface area contributed by atoms with Crippen LogP contribution < -0.4 is 9.47 Å². The molecule has 87 heavy (non-hydrogen) atoms. The standard InChI is InChI=1S/C80H58O6S/c81-41-43-85-79-75(61-29-9-25-57(45-61)71-37-13-21-53-17-1-5-33-67(53)71)49-65(50-76(79)62-30-10-26-58(46-62)72-38-14-22-54-18-2-6-34-68(54)72)87(83,84)66-51-77(63-31-11-27-59(47-63)73-39-15-23-55-19-3-7-35-69(55)73)80(86-44-42-82)78(52-66)64-32-12-28-60(48-64)74-40-16-24-56-20-4-8-36-70(56)74/h1-40,45-52,81-82H,41-44H2. The van der Waals surface area contributed by atoms with Crippen molar-refractivity contribution in [1.29, 1.82) is 0 Å². The summed E-state index contributed by atoms with van der Waals surface area (Å²) in [5.41, 5.74) is 12.9. The van der Waals surface area contributed by atoms with E-state index in [0.717, 1.165) is 110 Å². The van der Waals surface area contributed by atoms with Gasteiger partial charge in [-0.2, -0.15) is 0 Å². The van der Waals surface area contributed by atoms with Gasteiger partial charge in [0.25, 0.3) is 0 Å². The summed E-state index contributed by atoms with van der Waals surface area (Å²) in [6, 6.07) is 97.6. The van der Waals surface area contributed by atoms with E-state index in [1.54, 1.807) is 24.3 Å². The Morgan fingerprint density at radius 3 is 0.724 bits per heavy atom. The van der Waals surface area contributed by atoms with Gasteiger partial charge in [0.05, 0.1) is 23.0 Å². The van der Waals surface area contributed by atoms with Crippen molar-refractivity contribution >= 4 is 52.9 Å². The number of fused-ring (bicyclic) bond motifs is 4. The van der Waals surface area contributed by atoms with Gasteiger partial charge in [-0.1, -0.05) is 243 Å². The molecule has 2 N–H and O–H groups in total. The normalized spacial score (nSPS) is 11.6. The fourth-order valence-electron chi connectivity index (χ4n) is 12.4. The lowest BCUT2D eigenvalue weighted by Crippen LogP contribution is -2.09. The van der Waals surface area contributed by atoms with E-state index in [-0.39, 0.29) is 36.2 Å². The molecule has 0 bridgehead atoms. The number of sulfone groups is 1. The fourth-order valence-corrected chi connectivity index (χ4v) is 13.8. The summed E-state index contributed by atoms with van der Waals surface area (Å²) in [5, 5.41) is 29.7. The minimum Gasteiger partial charge on any atom is -0.490 e. The Bertz CT molecular complexity index is 4450. The molecule has 0 spiro atoms. The molecule has 6 nitrogen and oxygen atoms in total. The minimum atomic E-state index is -4.51. The van der Waals surface area contributed by atoms with Crippen LogP contribution in [-0.2, 0) is 9.84 Å². The molecular formula is C80H58O6S. The summed E-state index contributed by atoms with van der Waals surface area (Å²) < 4.78 is 46.6. The highest BCUT2D eigenvalue weighted by atomic mass is 32.2. The number of ether oxygens (including phenoxy) is 2. The molecule has 0 aliphatic rings. The first-order chi connectivity index (χ1) is 42.8. The Kier molecular flexibility index (Phi) is 14.8. The molecule has 14 rings (SSSR count). The first kappa shape index (κ1) is 54.5. The second-order valence-corrected chi connectivity index (χ2v) is 23.7. The molecule has 0 atom stereocenters. The predicted molar refractivity (Wildman–Crippen MR) is 357 cm³/mol. The molecule has 420 valence electrons. The van der Waals surface area contributed by atoms with Gasteiger partial charge in [0.2, 0.25) is 9.84 Å². The molecule has 0 amide bonds. The van der Waals surface area contributed by atoms with Crippen LogP contribution in [0.25, 0.3) is 132 Å². The molecule has 0 radical (unpaired) electrons. The van der Waals surface area contributed by atoms with Gasteiger partial charge >= 0.3 is 0 Å². The van der Waals surface area contributed by atoms with Gasteiger partial charge in [-0.3, -0.25) is 0 Å². The fraction of sp³-hybridized carbons (Fsp3) is 0.0500. The maximum Gasteiger partial charge on any atom is 0.206 e. The van der Waals surface area contributed by atoms with E-state index in [0.29, 0.717) is 33.8 Å². The molecule has 0 aliphatic heterocycles. The van der Waals surface area contributed by atoms with Crippen LogP contribution in [0.15, 0.2) is 301 Å². The van der Waals surface area contributed by atoms with Gasteiger partial charge in [0, 0.05) is 22.3 Å². The smallest absolute Gasteiger partial charge is 0.206 e. The number of benzene rings is 14. The van der Waals surface area contributed by atoms with Gasteiger partial charge < -0.3 is 19.7 Å². The van der Waals surface area contributed by atoms with E-state index >= 15 is 8.42 Å². The molecule has 0 aromatic heterocycles. The Morgan fingerprint density at radius 2 is 0.471 bits per heavy atom. The maximum absolute atomic E-state index is 16.6. The van der Waals surface area contributed by atoms with Crippen molar-refractivity contribution in [2.45, 2.75) is 9.79 Å². The van der Waals surface area contributed by atoms with Gasteiger partial charge in [-0.15, -0.1) is 0 Å². The molecule has 7 heteroatoms. The molecule has 0 aliphatic carbocycles. The summed E-state index contributed by atoms with van der Waals surface area (Å²) in [4.78, 5) is 0.0647. The van der Waals surface area contributed by atoms with Crippen molar-refractivity contribution in [1.82, 2.24) is 0 Å². The third kappa shape index (κ3) is 10.5. The van der Waals surface area contributed by atoms with E-state index in [2.05, 4.69) is 170 Å². The quantitative estimate of drug-likeness (QED) is 0.100. The summed E-state index contributed by atoms with van der Waals surface area (Å²) in [7, 11) is -4.51. The minimum absolute atomic E-state index is 0.0323. The molecular weight excluding hydrogens is 1090 g/mol.